The van der Waals surface area contributed by atoms with Crippen LogP contribution < -0.4 is 20.7 Å². The van der Waals surface area contributed by atoms with Crippen LogP contribution in [0.15, 0.2) is 72.8 Å². The van der Waals surface area contributed by atoms with Crippen molar-refractivity contribution in [3.05, 3.63) is 95.3 Å². The summed E-state index contributed by atoms with van der Waals surface area (Å²) in [4.78, 5) is 36.8. The van der Waals surface area contributed by atoms with E-state index < -0.39 is 5.82 Å². The molecule has 0 saturated heterocycles. The number of rotatable bonds is 9. The number of halogens is 1. The number of nitrogens with one attached hydrogen (secondary N) is 3. The summed E-state index contributed by atoms with van der Waals surface area (Å²) in [6.07, 6.45) is 0. The standard InChI is InChI=1S/C25H24FN3O4/c1-2-33-22-6-4-3-5-21(22)25(32)28-16-15-27-23(30)17-9-13-20(14-10-17)29-24(31)18-7-11-19(26)12-8-18/h3-14H,2,15-16H2,1H3,(H,27,30)(H,28,32)(H,29,31). The molecule has 7 nitrogen and oxygen atoms in total. The summed E-state index contributed by atoms with van der Waals surface area (Å²) in [7, 11) is 0. The van der Waals surface area contributed by atoms with Gasteiger partial charge in [-0.1, -0.05) is 12.1 Å². The number of ether oxygens (including phenoxy) is 1. The van der Waals surface area contributed by atoms with Gasteiger partial charge >= 0.3 is 0 Å². The van der Waals surface area contributed by atoms with E-state index in [4.69, 9.17) is 4.74 Å². The lowest BCUT2D eigenvalue weighted by atomic mass is 10.1. The molecule has 0 atom stereocenters. The highest BCUT2D eigenvalue weighted by atomic mass is 19.1. The Balaban J connectivity index is 1.45. The lowest BCUT2D eigenvalue weighted by Crippen LogP contribution is -2.34. The Morgan fingerprint density at radius 3 is 2.00 bits per heavy atom. The molecule has 3 aromatic rings. The van der Waals surface area contributed by atoms with Crippen molar-refractivity contribution in [3.8, 4) is 5.75 Å². The van der Waals surface area contributed by atoms with E-state index in [2.05, 4.69) is 16.0 Å². The van der Waals surface area contributed by atoms with Crippen LogP contribution in [0.1, 0.15) is 38.0 Å². The Bertz CT molecular complexity index is 1120. The summed E-state index contributed by atoms with van der Waals surface area (Å²) in [5.41, 5.74) is 1.66. The van der Waals surface area contributed by atoms with Gasteiger partial charge in [-0.25, -0.2) is 4.39 Å². The fourth-order valence-electron chi connectivity index (χ4n) is 2.99. The third-order valence-corrected chi connectivity index (χ3v) is 4.64. The molecule has 33 heavy (non-hydrogen) atoms. The molecule has 0 unspecified atom stereocenters. The third-order valence-electron chi connectivity index (χ3n) is 4.64. The van der Waals surface area contributed by atoms with Crippen LogP contribution in [-0.2, 0) is 0 Å². The van der Waals surface area contributed by atoms with Crippen LogP contribution in [-0.4, -0.2) is 37.4 Å². The molecule has 0 aliphatic carbocycles. The number of carbonyl (C=O) groups excluding carboxylic acids is 3. The summed E-state index contributed by atoms with van der Waals surface area (Å²) in [5.74, 6) is -0.885. The maximum Gasteiger partial charge on any atom is 0.255 e. The summed E-state index contributed by atoms with van der Waals surface area (Å²) in [6.45, 7) is 2.78. The molecule has 0 aromatic heterocycles. The van der Waals surface area contributed by atoms with E-state index in [9.17, 15) is 18.8 Å². The molecule has 0 aliphatic heterocycles. The highest BCUT2D eigenvalue weighted by molar-refractivity contribution is 6.04. The molecule has 0 radical (unpaired) electrons. The molecule has 0 spiro atoms. The van der Waals surface area contributed by atoms with Crippen molar-refractivity contribution in [1.29, 1.82) is 0 Å². The van der Waals surface area contributed by atoms with E-state index in [1.165, 1.54) is 24.3 Å². The van der Waals surface area contributed by atoms with Gasteiger partial charge in [0.25, 0.3) is 17.7 Å². The Kier molecular flexibility index (Phi) is 8.13. The Hall–Kier alpha value is -4.20. The first-order valence-electron chi connectivity index (χ1n) is 10.4. The normalized spacial score (nSPS) is 10.2. The number of para-hydroxylation sites is 1. The summed E-state index contributed by atoms with van der Waals surface area (Å²) < 4.78 is 18.4. The molecule has 8 heteroatoms. The maximum absolute atomic E-state index is 13.0. The van der Waals surface area contributed by atoms with E-state index in [-0.39, 0.29) is 30.8 Å². The van der Waals surface area contributed by atoms with Gasteiger partial charge in [-0.3, -0.25) is 14.4 Å². The van der Waals surface area contributed by atoms with Crippen molar-refractivity contribution in [2.45, 2.75) is 6.92 Å². The van der Waals surface area contributed by atoms with Gasteiger partial charge in [-0.2, -0.15) is 0 Å². The van der Waals surface area contributed by atoms with Gasteiger partial charge in [0.05, 0.1) is 12.2 Å². The van der Waals surface area contributed by atoms with Gasteiger partial charge in [0.15, 0.2) is 0 Å². The Morgan fingerprint density at radius 2 is 1.33 bits per heavy atom. The molecular formula is C25H24FN3O4. The molecule has 0 bridgehead atoms. The first kappa shape index (κ1) is 23.5. The number of carbonyl (C=O) groups is 3. The minimum Gasteiger partial charge on any atom is -0.493 e. The van der Waals surface area contributed by atoms with Gasteiger partial charge in [0, 0.05) is 29.9 Å². The van der Waals surface area contributed by atoms with Crippen LogP contribution >= 0.6 is 0 Å². The average Bonchev–Trinajstić information content (AvgIpc) is 2.83. The molecule has 3 amide bonds. The quantitative estimate of drug-likeness (QED) is 0.435. The smallest absolute Gasteiger partial charge is 0.255 e. The van der Waals surface area contributed by atoms with Gasteiger partial charge in [-0.15, -0.1) is 0 Å². The number of benzene rings is 3. The molecule has 0 saturated carbocycles. The summed E-state index contributed by atoms with van der Waals surface area (Å²) in [5, 5.41) is 8.17. The van der Waals surface area contributed by atoms with Crippen LogP contribution in [0.4, 0.5) is 10.1 Å². The minimum atomic E-state index is -0.420. The summed E-state index contributed by atoms with van der Waals surface area (Å²) in [6, 6.07) is 18.5. The van der Waals surface area contributed by atoms with Crippen molar-refractivity contribution in [3.63, 3.8) is 0 Å². The second-order valence-electron chi connectivity index (χ2n) is 6.98. The zero-order valence-electron chi connectivity index (χ0n) is 18.1. The van der Waals surface area contributed by atoms with Crippen LogP contribution in [0, 0.1) is 5.82 Å². The third kappa shape index (κ3) is 6.64. The zero-order valence-corrected chi connectivity index (χ0v) is 18.1. The highest BCUT2D eigenvalue weighted by Crippen LogP contribution is 2.17. The fraction of sp³-hybridized carbons (Fsp3) is 0.160. The maximum atomic E-state index is 13.0. The van der Waals surface area contributed by atoms with E-state index >= 15 is 0 Å². The first-order chi connectivity index (χ1) is 16.0. The molecule has 3 rings (SSSR count). The van der Waals surface area contributed by atoms with Gasteiger partial charge < -0.3 is 20.7 Å². The van der Waals surface area contributed by atoms with Gasteiger partial charge in [-0.05, 0) is 67.6 Å². The molecule has 0 aliphatic rings. The van der Waals surface area contributed by atoms with Gasteiger partial charge in [0.1, 0.15) is 11.6 Å². The van der Waals surface area contributed by atoms with Crippen molar-refractivity contribution in [2.75, 3.05) is 25.0 Å². The molecule has 170 valence electrons. The van der Waals surface area contributed by atoms with Crippen LogP contribution in [0.2, 0.25) is 0 Å². The van der Waals surface area contributed by atoms with E-state index in [0.717, 1.165) is 0 Å². The highest BCUT2D eigenvalue weighted by Gasteiger charge is 2.12. The van der Waals surface area contributed by atoms with Crippen molar-refractivity contribution < 1.29 is 23.5 Å². The van der Waals surface area contributed by atoms with Crippen LogP contribution in [0.3, 0.4) is 0 Å². The average molecular weight is 449 g/mol. The van der Waals surface area contributed by atoms with Gasteiger partial charge in [0.2, 0.25) is 0 Å². The molecule has 3 aromatic carbocycles. The van der Waals surface area contributed by atoms with Crippen LogP contribution in [0.25, 0.3) is 0 Å². The SMILES string of the molecule is CCOc1ccccc1C(=O)NCCNC(=O)c1ccc(NC(=O)c2ccc(F)cc2)cc1. The monoisotopic (exact) mass is 449 g/mol. The number of anilines is 1. The molecule has 0 fully saturated rings. The van der Waals surface area contributed by atoms with E-state index in [0.29, 0.717) is 34.7 Å². The predicted molar refractivity (Wildman–Crippen MR) is 123 cm³/mol. The van der Waals surface area contributed by atoms with Crippen molar-refractivity contribution >= 4 is 23.4 Å². The second kappa shape index (κ2) is 11.4. The van der Waals surface area contributed by atoms with E-state index in [1.54, 1.807) is 48.5 Å². The van der Waals surface area contributed by atoms with Crippen molar-refractivity contribution in [2.24, 2.45) is 0 Å². The van der Waals surface area contributed by atoms with E-state index in [1.807, 2.05) is 6.92 Å². The van der Waals surface area contributed by atoms with Crippen LogP contribution in [0.5, 0.6) is 5.75 Å². The second-order valence-corrected chi connectivity index (χ2v) is 6.98. The lowest BCUT2D eigenvalue weighted by Gasteiger charge is -2.11. The molecule has 0 heterocycles. The number of hydrogen-bond acceptors (Lipinski definition) is 4. The lowest BCUT2D eigenvalue weighted by molar-refractivity contribution is 0.0925. The summed E-state index contributed by atoms with van der Waals surface area (Å²) >= 11 is 0. The number of amides is 3. The first-order valence-corrected chi connectivity index (χ1v) is 10.4. The fourth-order valence-corrected chi connectivity index (χ4v) is 2.99. The Morgan fingerprint density at radius 1 is 0.758 bits per heavy atom. The topological polar surface area (TPSA) is 96.5 Å². The predicted octanol–water partition coefficient (Wildman–Crippen LogP) is 3.64. The minimum absolute atomic E-state index is 0.241. The van der Waals surface area contributed by atoms with Crippen molar-refractivity contribution in [1.82, 2.24) is 10.6 Å². The molecule has 3 N–H and O–H groups in total. The zero-order chi connectivity index (χ0) is 23.6. The largest absolute Gasteiger partial charge is 0.493 e. The Labute approximate surface area is 191 Å². The number of hydrogen-bond donors (Lipinski definition) is 3. The molecular weight excluding hydrogens is 425 g/mol.